The van der Waals surface area contributed by atoms with Crippen molar-refractivity contribution in [3.05, 3.63) is 180 Å². The number of carboxylic acids is 2. The SMILES string of the molecule is C.C.CCl.Cn1c(=O)c2c(nc(Cc3nc4c(c(=O)n(C)c(=O)n4C)n3C)n2C)n(C)c1=O.Cn1c(N)c(CC(=O)CC(=O)Cc2c(N)n(C)c(=O)n(C)c2=O)c(=O)n(C)c1=O.Cn1c(N)c(N)c(=O)n(C)c1=O.Cn1c2c(c(=O)n(C)c1=O)CC(Cc1nc3c([nH]1)c(=O)n(C)c(=O)n3C)=N2.O=C(O)CC(=O)O. The highest BCUT2D eigenvalue weighted by Crippen LogP contribution is 2.23. The Bertz CT molecular complexity index is 6070. The minimum Gasteiger partial charge on any atom is -0.481 e. The molecule has 1 aliphatic rings. The minimum absolute atomic E-state index is 0. The summed E-state index contributed by atoms with van der Waals surface area (Å²) < 4.78 is 18.3. The molecule has 108 heavy (non-hydrogen) atoms. The lowest BCUT2D eigenvalue weighted by Gasteiger charge is -2.12. The average molecular weight is 1530 g/mol. The number of carbonyl (C=O) groups excluding carboxylic acids is 2. The number of nitrogen functional groups attached to an aromatic ring is 4. The van der Waals surface area contributed by atoms with Gasteiger partial charge in [-0.25, -0.2) is 53.5 Å². The van der Waals surface area contributed by atoms with Crippen LogP contribution in [0.1, 0.15) is 61.9 Å². The molecule has 10 aromatic heterocycles. The van der Waals surface area contributed by atoms with Gasteiger partial charge in [-0.05, 0) is 0 Å². The molecule has 11 N–H and O–H groups in total. The fourth-order valence-electron chi connectivity index (χ4n) is 10.9. The number of H-pyrrole nitrogens is 1. The number of Topliss-reactive ketones (excluding diaryl/α,β-unsaturated/α-hetero) is 2. The van der Waals surface area contributed by atoms with E-state index in [-0.39, 0.29) is 90.0 Å². The molecular formula is C62H84ClN25O20. The Morgan fingerprint density at radius 2 is 0.722 bits per heavy atom. The summed E-state index contributed by atoms with van der Waals surface area (Å²) in [5.74, 6) is -2.37. The van der Waals surface area contributed by atoms with E-state index < -0.39 is 122 Å². The lowest BCUT2D eigenvalue weighted by molar-refractivity contribution is -0.147. The Kier molecular flexibility index (Phi) is 27.1. The van der Waals surface area contributed by atoms with Gasteiger partial charge in [-0.2, -0.15) is 0 Å². The number of nitrogens with two attached hydrogens (primary N) is 4. The predicted molar refractivity (Wildman–Crippen MR) is 399 cm³/mol. The molecule has 10 aromatic rings. The first-order valence-corrected chi connectivity index (χ1v) is 31.5. The molecule has 0 bridgehead atoms. The summed E-state index contributed by atoms with van der Waals surface area (Å²) >= 11 is 4.64. The van der Waals surface area contributed by atoms with Crippen molar-refractivity contribution in [2.45, 2.75) is 59.8 Å². The molecule has 0 radical (unpaired) electrons. The number of aryl methyl sites for hydroxylation is 5. The van der Waals surface area contributed by atoms with E-state index in [4.69, 9.17) is 33.1 Å². The van der Waals surface area contributed by atoms with Gasteiger partial charge in [0, 0.05) is 151 Å². The molecule has 46 heteroatoms. The van der Waals surface area contributed by atoms with Crippen LogP contribution < -0.4 is 102 Å². The van der Waals surface area contributed by atoms with Crippen LogP contribution in [0.2, 0.25) is 0 Å². The van der Waals surface area contributed by atoms with Gasteiger partial charge in [0.05, 0.1) is 29.5 Å². The van der Waals surface area contributed by atoms with E-state index in [1.807, 2.05) is 0 Å². The second kappa shape index (κ2) is 33.6. The number of nitrogens with zero attached hydrogens (tertiary/aromatic N) is 20. The van der Waals surface area contributed by atoms with Gasteiger partial charge in [0.2, 0.25) is 0 Å². The number of aromatic amines is 1. The van der Waals surface area contributed by atoms with E-state index in [0.29, 0.717) is 52.0 Å². The van der Waals surface area contributed by atoms with Crippen molar-refractivity contribution in [1.82, 2.24) is 93.0 Å². The first-order valence-electron chi connectivity index (χ1n) is 30.7. The highest BCUT2D eigenvalue weighted by Gasteiger charge is 2.27. The van der Waals surface area contributed by atoms with Crippen LogP contribution in [0, 0.1) is 0 Å². The second-order valence-electron chi connectivity index (χ2n) is 23.9. The molecule has 0 saturated heterocycles. The Labute approximate surface area is 610 Å². The van der Waals surface area contributed by atoms with Gasteiger partial charge < -0.3 is 47.3 Å². The molecule has 1 aliphatic heterocycles. The number of carbonyl (C=O) groups is 4. The fourth-order valence-corrected chi connectivity index (χ4v) is 10.9. The number of fused-ring (bicyclic) bond motifs is 4. The van der Waals surface area contributed by atoms with Gasteiger partial charge in [-0.3, -0.25) is 117 Å². The van der Waals surface area contributed by atoms with E-state index in [1.165, 1.54) is 102 Å². The zero-order valence-corrected chi connectivity index (χ0v) is 61.1. The Morgan fingerprint density at radius 3 is 1.11 bits per heavy atom. The van der Waals surface area contributed by atoms with Crippen molar-refractivity contribution in [2.75, 3.05) is 29.3 Å². The maximum atomic E-state index is 12.5. The van der Waals surface area contributed by atoms with Gasteiger partial charge in [0.15, 0.2) is 28.0 Å². The van der Waals surface area contributed by atoms with Crippen LogP contribution in [0.4, 0.5) is 29.0 Å². The molecule has 0 saturated carbocycles. The van der Waals surface area contributed by atoms with Crippen molar-refractivity contribution in [2.24, 2.45) is 118 Å². The van der Waals surface area contributed by atoms with Gasteiger partial charge in [-0.1, -0.05) is 14.9 Å². The van der Waals surface area contributed by atoms with Crippen LogP contribution in [-0.2, 0) is 164 Å². The van der Waals surface area contributed by atoms with Gasteiger partial charge in [0.25, 0.3) is 38.9 Å². The number of nitrogens with one attached hydrogen (secondary N) is 1. The number of hydrogen-bond donors (Lipinski definition) is 7. The van der Waals surface area contributed by atoms with Crippen molar-refractivity contribution < 1.29 is 29.4 Å². The van der Waals surface area contributed by atoms with Crippen LogP contribution in [0.5, 0.6) is 0 Å². The van der Waals surface area contributed by atoms with Crippen molar-refractivity contribution >= 4 is 103 Å². The van der Waals surface area contributed by atoms with Crippen LogP contribution in [0.3, 0.4) is 0 Å². The predicted octanol–water partition coefficient (Wildman–Crippen LogP) is -7.04. The number of alkyl halides is 1. The lowest BCUT2D eigenvalue weighted by atomic mass is 10.0. The number of anilines is 4. The standard InChI is InChI=1S/C17H20N8O4.C17H22N6O6.C16H17N7O4.C6H10N4O2.C3H4O4.CH3Cl.2CH4/c1-20-8(18-12-10(20)14(26)24(5)16(28)22(12)3)7-9-19-13-11(21(9)2)15(27)25(6)17(29)23(13)4;1-20-12(18)10(14(26)22(3)16(20)28)6-8(24)5-9(25)7-11-13(19)21(2)17(29)23(4)15(11)27;1-20-11-8(13(24)22(3)15(20)26)5-7(17-11)6-9-18-10-12(19-9)21(2)16(27)23(4)14(10)25;1-9-4(8)3(7)5(11)10(2)6(9)12;4-2(5)1-3(6)7;1-2;;/h7H2,1-6H3;5-7,18-19H2,1-4H3;5-6H2,1-4H3,(H,18,19);7-8H2,1-2H3;1H2,(H,4,5)(H,6,7);1H3;2*1H4. The first-order chi connectivity index (χ1) is 49.2. The molecule has 0 aromatic carbocycles. The third-order valence-corrected chi connectivity index (χ3v) is 17.1. The van der Waals surface area contributed by atoms with Crippen LogP contribution in [-0.4, -0.2) is 139 Å². The number of carboxylic acid groups (broad SMARTS) is 2. The molecule has 45 nitrogen and oxygen atoms in total. The Morgan fingerprint density at radius 1 is 0.389 bits per heavy atom. The monoisotopic (exact) mass is 1530 g/mol. The maximum Gasteiger partial charge on any atom is 0.332 e. The molecule has 0 atom stereocenters. The summed E-state index contributed by atoms with van der Waals surface area (Å²) in [6.07, 6.45) is -0.0393. The second-order valence-corrected chi connectivity index (χ2v) is 23.9. The van der Waals surface area contributed by atoms with Crippen LogP contribution in [0.25, 0.3) is 33.5 Å². The summed E-state index contributed by atoms with van der Waals surface area (Å²) in [5, 5.41) is 15.4. The molecule has 0 amide bonds. The molecule has 0 fully saturated rings. The molecule has 0 aliphatic carbocycles. The summed E-state index contributed by atoms with van der Waals surface area (Å²) in [5.41, 5.74) is 17.4. The third-order valence-electron chi connectivity index (χ3n) is 17.1. The quantitative estimate of drug-likeness (QED) is 0.0441. The third kappa shape index (κ3) is 16.3. The molecule has 11 rings (SSSR count). The van der Waals surface area contributed by atoms with Gasteiger partial charge in [0.1, 0.15) is 69.9 Å². The molecule has 0 spiro atoms. The van der Waals surface area contributed by atoms with E-state index in [0.717, 1.165) is 45.7 Å². The van der Waals surface area contributed by atoms with Crippen molar-refractivity contribution in [1.29, 1.82) is 0 Å². The van der Waals surface area contributed by atoms with E-state index in [1.54, 1.807) is 44.4 Å². The zero-order chi connectivity index (χ0) is 80.5. The number of aliphatic imine (C=N–C) groups is 1. The number of imidazole rings is 3. The van der Waals surface area contributed by atoms with Crippen LogP contribution in [0.15, 0.2) is 72.1 Å². The summed E-state index contributed by atoms with van der Waals surface area (Å²) in [4.78, 5) is 232. The van der Waals surface area contributed by atoms with Crippen LogP contribution >= 0.6 is 11.6 Å². The summed E-state index contributed by atoms with van der Waals surface area (Å²) in [6, 6.07) is 0. The Hall–Kier alpha value is -13.4. The Balaban J connectivity index is 0.000000299. The molecule has 0 unspecified atom stereocenters. The largest absolute Gasteiger partial charge is 0.481 e. The minimum atomic E-state index is -1.31. The van der Waals surface area contributed by atoms with Gasteiger partial charge >= 0.3 is 51.8 Å². The fraction of sp³-hybridized carbons (Fsp3) is 0.419. The van der Waals surface area contributed by atoms with Crippen molar-refractivity contribution in [3.8, 4) is 0 Å². The molecule has 584 valence electrons. The van der Waals surface area contributed by atoms with Gasteiger partial charge in [-0.15, -0.1) is 11.6 Å². The number of ketones is 2. The number of aliphatic carboxylic acids is 2. The summed E-state index contributed by atoms with van der Waals surface area (Å²) in [6.45, 7) is 0. The molecular weight excluding hydrogens is 1450 g/mol. The average Bonchev–Trinajstić information content (AvgIpc) is 1.60. The number of rotatable bonds is 12. The normalized spacial score (nSPS) is 11.1. The number of aromatic nitrogens is 20. The maximum absolute atomic E-state index is 12.5. The molecule has 11 heterocycles. The first kappa shape index (κ1) is 87.0. The zero-order valence-electron chi connectivity index (χ0n) is 60.3. The van der Waals surface area contributed by atoms with Crippen molar-refractivity contribution in [3.63, 3.8) is 0 Å². The highest BCUT2D eigenvalue weighted by atomic mass is 35.5. The highest BCUT2D eigenvalue weighted by molar-refractivity contribution is 6.15. The smallest absolute Gasteiger partial charge is 0.332 e. The van der Waals surface area contributed by atoms with E-state index >= 15 is 0 Å². The summed E-state index contributed by atoms with van der Waals surface area (Å²) in [7, 11) is 23.3. The number of hydrogen-bond acceptors (Lipinski definition) is 26. The van der Waals surface area contributed by atoms with E-state index in [2.05, 4.69) is 36.5 Å². The van der Waals surface area contributed by atoms with E-state index in [9.17, 15) is 86.3 Å². The lowest BCUT2D eigenvalue weighted by Crippen LogP contribution is -2.41. The topological polar surface area (TPSA) is 598 Å². The number of halogens is 1.